The van der Waals surface area contributed by atoms with Crippen molar-refractivity contribution < 1.29 is 26.3 Å². The number of methoxy groups -OCH3 is 1. The molecule has 34 heavy (non-hydrogen) atoms. The molecule has 180 valence electrons. The molecule has 0 amide bonds. The highest BCUT2D eigenvalue weighted by Crippen LogP contribution is 2.41. The molecule has 0 spiro atoms. The number of sulfonamides is 1. The smallest absolute Gasteiger partial charge is 0.404 e. The minimum atomic E-state index is -4.72. The molecular weight excluding hydrogens is 471 g/mol. The molecular formula is C22H22F3N5O3S. The Hall–Kier alpha value is -3.17. The van der Waals surface area contributed by atoms with E-state index in [4.69, 9.17) is 4.74 Å². The fraction of sp³-hybridized carbons (Fsp3) is 0.409. The van der Waals surface area contributed by atoms with Crippen LogP contribution in [0.25, 0.3) is 22.4 Å². The van der Waals surface area contributed by atoms with Crippen LogP contribution < -0.4 is 9.46 Å². The van der Waals surface area contributed by atoms with Gasteiger partial charge in [-0.05, 0) is 38.0 Å². The summed E-state index contributed by atoms with van der Waals surface area (Å²) in [7, 11) is -2.95. The van der Waals surface area contributed by atoms with Crippen molar-refractivity contribution in [1.29, 1.82) is 5.26 Å². The lowest BCUT2D eigenvalue weighted by molar-refractivity contribution is -0.147. The standard InChI is InChI=1S/C22H22F3N5O3S/c1-13(22(23,24)25)29-34(31,32)16-7-8-19(27-12-16)20-18(10-26)17-9-15(33-2)11-28-21(17)30(20)14-5-3-4-6-14/h7-9,11-14,29H,3-6H2,1-2H3/t13-/m1/s1. The number of ether oxygens (including phenoxy) is 1. The molecule has 0 unspecified atom stereocenters. The molecule has 3 aromatic rings. The van der Waals surface area contributed by atoms with Gasteiger partial charge in [-0.3, -0.25) is 4.98 Å². The van der Waals surface area contributed by atoms with Crippen LogP contribution in [0.15, 0.2) is 35.5 Å². The average Bonchev–Trinajstić information content (AvgIpc) is 3.43. The van der Waals surface area contributed by atoms with Crippen molar-refractivity contribution in [3.8, 4) is 23.2 Å². The summed E-state index contributed by atoms with van der Waals surface area (Å²) in [6, 6.07) is 4.33. The predicted molar refractivity (Wildman–Crippen MR) is 118 cm³/mol. The van der Waals surface area contributed by atoms with E-state index in [2.05, 4.69) is 16.0 Å². The second kappa shape index (κ2) is 8.88. The molecule has 0 aliphatic heterocycles. The quantitative estimate of drug-likeness (QED) is 0.548. The van der Waals surface area contributed by atoms with Crippen LogP contribution in [0.3, 0.4) is 0 Å². The van der Waals surface area contributed by atoms with Gasteiger partial charge in [-0.1, -0.05) is 12.8 Å². The maximum absolute atomic E-state index is 12.8. The summed E-state index contributed by atoms with van der Waals surface area (Å²) in [6.07, 6.45) is 1.66. The van der Waals surface area contributed by atoms with E-state index in [1.54, 1.807) is 17.0 Å². The Balaban J connectivity index is 1.82. The summed E-state index contributed by atoms with van der Waals surface area (Å²) >= 11 is 0. The van der Waals surface area contributed by atoms with Crippen molar-refractivity contribution in [2.45, 2.75) is 55.8 Å². The number of alkyl halides is 3. The summed E-state index contributed by atoms with van der Waals surface area (Å²) in [4.78, 5) is 8.33. The highest BCUT2D eigenvalue weighted by atomic mass is 32.2. The maximum atomic E-state index is 12.8. The number of nitrogens with one attached hydrogen (secondary N) is 1. The zero-order chi connectivity index (χ0) is 24.7. The lowest BCUT2D eigenvalue weighted by Gasteiger charge is -2.18. The van der Waals surface area contributed by atoms with Crippen molar-refractivity contribution >= 4 is 21.1 Å². The highest BCUT2D eigenvalue weighted by Gasteiger charge is 2.39. The molecule has 1 saturated carbocycles. The van der Waals surface area contributed by atoms with E-state index in [0.717, 1.165) is 38.8 Å². The van der Waals surface area contributed by atoms with Crippen LogP contribution in [-0.4, -0.2) is 42.3 Å². The average molecular weight is 494 g/mol. The number of hydrogen-bond acceptors (Lipinski definition) is 6. The summed E-state index contributed by atoms with van der Waals surface area (Å²) in [6.45, 7) is 0.722. The van der Waals surface area contributed by atoms with E-state index < -0.39 is 27.1 Å². The molecule has 4 rings (SSSR count). The van der Waals surface area contributed by atoms with Crippen LogP contribution in [-0.2, 0) is 10.0 Å². The minimum Gasteiger partial charge on any atom is -0.495 e. The predicted octanol–water partition coefficient (Wildman–Crippen LogP) is 4.32. The van der Waals surface area contributed by atoms with Crippen LogP contribution in [0.1, 0.15) is 44.2 Å². The molecule has 0 aromatic carbocycles. The molecule has 1 fully saturated rings. The first-order chi connectivity index (χ1) is 16.1. The zero-order valence-corrected chi connectivity index (χ0v) is 19.2. The third-order valence-corrected chi connectivity index (χ3v) is 7.49. The van der Waals surface area contributed by atoms with E-state index in [1.807, 2.05) is 4.57 Å². The van der Waals surface area contributed by atoms with E-state index in [-0.39, 0.29) is 6.04 Å². The minimum absolute atomic E-state index is 0.0833. The topological polar surface area (TPSA) is 110 Å². The Kier molecular flexibility index (Phi) is 6.26. The Morgan fingerprint density at radius 1 is 1.24 bits per heavy atom. The van der Waals surface area contributed by atoms with E-state index in [1.165, 1.54) is 19.2 Å². The van der Waals surface area contributed by atoms with Gasteiger partial charge in [0.05, 0.1) is 30.3 Å². The van der Waals surface area contributed by atoms with Gasteiger partial charge in [-0.25, -0.2) is 13.4 Å². The highest BCUT2D eigenvalue weighted by molar-refractivity contribution is 7.89. The summed E-state index contributed by atoms with van der Waals surface area (Å²) in [5.41, 5.74) is 1.73. The zero-order valence-electron chi connectivity index (χ0n) is 18.4. The number of nitrogens with zero attached hydrogens (tertiary/aromatic N) is 4. The third-order valence-electron chi connectivity index (χ3n) is 5.97. The number of hydrogen-bond donors (Lipinski definition) is 1. The molecule has 3 heterocycles. The molecule has 0 saturated heterocycles. The second-order valence-corrected chi connectivity index (χ2v) is 9.87. The largest absolute Gasteiger partial charge is 0.495 e. The van der Waals surface area contributed by atoms with Gasteiger partial charge in [0, 0.05) is 17.6 Å². The van der Waals surface area contributed by atoms with Crippen molar-refractivity contribution in [3.05, 3.63) is 36.2 Å². The molecule has 12 heteroatoms. The number of nitriles is 1. The van der Waals surface area contributed by atoms with Gasteiger partial charge in [0.25, 0.3) is 0 Å². The van der Waals surface area contributed by atoms with Crippen LogP contribution in [0.5, 0.6) is 5.75 Å². The van der Waals surface area contributed by atoms with Gasteiger partial charge < -0.3 is 9.30 Å². The number of rotatable bonds is 6. The van der Waals surface area contributed by atoms with Gasteiger partial charge in [-0.15, -0.1) is 0 Å². The van der Waals surface area contributed by atoms with Gasteiger partial charge in [0.2, 0.25) is 10.0 Å². The van der Waals surface area contributed by atoms with Crippen molar-refractivity contribution in [3.63, 3.8) is 0 Å². The van der Waals surface area contributed by atoms with Crippen molar-refractivity contribution in [1.82, 2.24) is 19.3 Å². The molecule has 1 aliphatic carbocycles. The van der Waals surface area contributed by atoms with Gasteiger partial charge >= 0.3 is 6.18 Å². The summed E-state index contributed by atoms with van der Waals surface area (Å²) < 4.78 is 72.1. The summed E-state index contributed by atoms with van der Waals surface area (Å²) in [5.74, 6) is 0.485. The van der Waals surface area contributed by atoms with Gasteiger partial charge in [-0.2, -0.15) is 23.2 Å². The molecule has 0 bridgehead atoms. The number of aromatic nitrogens is 3. The van der Waals surface area contributed by atoms with Gasteiger partial charge in [0.1, 0.15) is 28.4 Å². The first-order valence-corrected chi connectivity index (χ1v) is 12.1. The molecule has 1 atom stereocenters. The fourth-order valence-electron chi connectivity index (χ4n) is 4.21. The maximum Gasteiger partial charge on any atom is 0.404 e. The SMILES string of the molecule is COc1cnc2c(c1)c(C#N)c(-c1ccc(S(=O)(=O)N[C@H](C)C(F)(F)F)cn1)n2C1CCCC1. The molecule has 8 nitrogen and oxygen atoms in total. The van der Waals surface area contributed by atoms with Crippen LogP contribution >= 0.6 is 0 Å². The van der Waals surface area contributed by atoms with Gasteiger partial charge in [0.15, 0.2) is 0 Å². The molecule has 0 radical (unpaired) electrons. The van der Waals surface area contributed by atoms with E-state index in [0.29, 0.717) is 33.7 Å². The first kappa shape index (κ1) is 24.0. The Morgan fingerprint density at radius 2 is 1.94 bits per heavy atom. The fourth-order valence-corrected chi connectivity index (χ4v) is 5.38. The molecule has 1 N–H and O–H groups in total. The molecule has 3 aromatic heterocycles. The molecule has 1 aliphatic rings. The number of fused-ring (bicyclic) bond motifs is 1. The normalized spacial score (nSPS) is 16.0. The lowest BCUT2D eigenvalue weighted by atomic mass is 10.1. The number of halogens is 3. The Bertz CT molecular complexity index is 1360. The van der Waals surface area contributed by atoms with Crippen molar-refractivity contribution in [2.75, 3.05) is 7.11 Å². The van der Waals surface area contributed by atoms with Crippen molar-refractivity contribution in [2.24, 2.45) is 0 Å². The van der Waals surface area contributed by atoms with Crippen LogP contribution in [0.2, 0.25) is 0 Å². The van der Waals surface area contributed by atoms with E-state index >= 15 is 0 Å². The van der Waals surface area contributed by atoms with Crippen LogP contribution in [0, 0.1) is 11.3 Å². The second-order valence-electron chi connectivity index (χ2n) is 8.15. The Labute approximate surface area is 194 Å². The lowest BCUT2D eigenvalue weighted by Crippen LogP contribution is -2.42. The van der Waals surface area contributed by atoms with E-state index in [9.17, 15) is 26.9 Å². The summed E-state index contributed by atoms with van der Waals surface area (Å²) in [5, 5.41) is 10.6. The monoisotopic (exact) mass is 493 g/mol. The Morgan fingerprint density at radius 3 is 2.50 bits per heavy atom. The number of pyridine rings is 2. The third kappa shape index (κ3) is 4.33. The van der Waals surface area contributed by atoms with Crippen LogP contribution in [0.4, 0.5) is 13.2 Å². The first-order valence-electron chi connectivity index (χ1n) is 10.6.